The zero-order valence-corrected chi connectivity index (χ0v) is 11.5. The second-order valence-corrected chi connectivity index (χ2v) is 4.45. The molecule has 0 aromatic heterocycles. The summed E-state index contributed by atoms with van der Waals surface area (Å²) in [7, 11) is 1.63. The number of methoxy groups -OCH3 is 1. The maximum Gasteiger partial charge on any atom is 0.226 e. The van der Waals surface area contributed by atoms with Gasteiger partial charge in [0, 0.05) is 24.9 Å². The molecule has 0 radical (unpaired) electrons. The molecule has 1 aliphatic heterocycles. The summed E-state index contributed by atoms with van der Waals surface area (Å²) in [6.45, 7) is 4.18. The van der Waals surface area contributed by atoms with E-state index in [1.165, 1.54) is 0 Å². The third-order valence-corrected chi connectivity index (χ3v) is 3.30. The zero-order chi connectivity index (χ0) is 13.8. The molecule has 0 aliphatic carbocycles. The van der Waals surface area contributed by atoms with Gasteiger partial charge in [0.1, 0.15) is 5.75 Å². The number of nitrogens with zero attached hydrogens (tertiary/aromatic N) is 1. The van der Waals surface area contributed by atoms with E-state index in [1.807, 2.05) is 31.2 Å². The Kier molecular flexibility index (Phi) is 4.27. The van der Waals surface area contributed by atoms with E-state index in [0.29, 0.717) is 23.6 Å². The minimum atomic E-state index is -0.488. The van der Waals surface area contributed by atoms with Crippen molar-refractivity contribution in [3.8, 4) is 5.75 Å². The predicted molar refractivity (Wildman–Crippen MR) is 71.2 cm³/mol. The first-order valence-electron chi connectivity index (χ1n) is 6.38. The summed E-state index contributed by atoms with van der Waals surface area (Å²) in [5, 5.41) is 11.7. The first kappa shape index (κ1) is 13.7. The van der Waals surface area contributed by atoms with Crippen LogP contribution in [0.15, 0.2) is 24.3 Å². The smallest absolute Gasteiger partial charge is 0.226 e. The molecule has 5 heteroatoms. The molecule has 0 unspecified atom stereocenters. The Morgan fingerprint density at radius 1 is 1.37 bits per heavy atom. The number of hydrogen-bond donors (Lipinski definition) is 0. The Hall–Kier alpha value is -1.75. The largest absolute Gasteiger partial charge is 0.497 e. The van der Waals surface area contributed by atoms with Gasteiger partial charge in [0.05, 0.1) is 13.0 Å². The highest BCUT2D eigenvalue weighted by Crippen LogP contribution is 2.29. The van der Waals surface area contributed by atoms with E-state index in [4.69, 9.17) is 14.3 Å². The average Bonchev–Trinajstić information content (AvgIpc) is 2.43. The second-order valence-electron chi connectivity index (χ2n) is 4.45. The van der Waals surface area contributed by atoms with Crippen molar-refractivity contribution in [2.75, 3.05) is 13.7 Å². The lowest BCUT2D eigenvalue weighted by Gasteiger charge is -2.29. The number of hydrogen-bond acceptors (Lipinski definition) is 4. The van der Waals surface area contributed by atoms with Crippen LogP contribution in [0.25, 0.3) is 0 Å². The van der Waals surface area contributed by atoms with E-state index in [0.717, 1.165) is 11.3 Å². The van der Waals surface area contributed by atoms with Crippen LogP contribution in [0.5, 0.6) is 5.75 Å². The summed E-state index contributed by atoms with van der Waals surface area (Å²) in [5.74, 6) is 0.808. The maximum absolute atomic E-state index is 11.7. The molecule has 1 aliphatic rings. The van der Waals surface area contributed by atoms with Gasteiger partial charge in [0.2, 0.25) is 5.71 Å². The van der Waals surface area contributed by atoms with Crippen LogP contribution in [0, 0.1) is 5.21 Å². The molecule has 1 aromatic rings. The van der Waals surface area contributed by atoms with Crippen LogP contribution in [0.1, 0.15) is 31.7 Å². The van der Waals surface area contributed by atoms with Gasteiger partial charge in [-0.25, -0.2) is 0 Å². The molecular weight excluding hydrogens is 246 g/mol. The number of ether oxygens (including phenoxy) is 2. The minimum Gasteiger partial charge on any atom is -0.497 e. The van der Waals surface area contributed by atoms with Crippen LogP contribution < -0.4 is 4.74 Å². The second kappa shape index (κ2) is 5.93. The van der Waals surface area contributed by atoms with Crippen LogP contribution in [-0.2, 0) is 9.57 Å². The van der Waals surface area contributed by atoms with E-state index in [9.17, 15) is 5.21 Å². The molecule has 0 saturated carbocycles. The van der Waals surface area contributed by atoms with Gasteiger partial charge in [0.15, 0.2) is 6.29 Å². The van der Waals surface area contributed by atoms with Crippen molar-refractivity contribution < 1.29 is 19.2 Å². The molecule has 2 rings (SSSR count). The molecule has 19 heavy (non-hydrogen) atoms. The van der Waals surface area contributed by atoms with Crippen LogP contribution in [0.2, 0.25) is 0 Å². The minimum absolute atomic E-state index is 0.00806. The fraction of sp³-hybridized carbons (Fsp3) is 0.500. The molecule has 5 nitrogen and oxygen atoms in total. The Balaban J connectivity index is 2.23. The van der Waals surface area contributed by atoms with E-state index in [-0.39, 0.29) is 5.92 Å². The van der Waals surface area contributed by atoms with E-state index >= 15 is 0 Å². The molecule has 104 valence electrons. The molecular formula is C14H19NO4. The van der Waals surface area contributed by atoms with Crippen molar-refractivity contribution in [3.05, 3.63) is 35.0 Å². The van der Waals surface area contributed by atoms with Crippen molar-refractivity contribution in [2.24, 2.45) is 0 Å². The summed E-state index contributed by atoms with van der Waals surface area (Å²) < 4.78 is 10.5. The van der Waals surface area contributed by atoms with Crippen LogP contribution in [-0.4, -0.2) is 30.6 Å². The lowest BCUT2D eigenvalue weighted by Crippen LogP contribution is -2.35. The van der Waals surface area contributed by atoms with Gasteiger partial charge >= 0.3 is 0 Å². The molecule has 1 aromatic carbocycles. The first-order valence-corrected chi connectivity index (χ1v) is 6.38. The Labute approximate surface area is 112 Å². The van der Waals surface area contributed by atoms with Gasteiger partial charge in [-0.05, 0) is 24.6 Å². The summed E-state index contributed by atoms with van der Waals surface area (Å²) in [6, 6.07) is 7.72. The summed E-state index contributed by atoms with van der Waals surface area (Å²) >= 11 is 0. The quantitative estimate of drug-likeness (QED) is 0.785. The molecule has 0 bridgehead atoms. The predicted octanol–water partition coefficient (Wildman–Crippen LogP) is 2.45. The third-order valence-electron chi connectivity index (χ3n) is 3.30. The van der Waals surface area contributed by atoms with Gasteiger partial charge in [-0.3, -0.25) is 5.21 Å². The highest BCUT2D eigenvalue weighted by molar-refractivity contribution is 5.84. The van der Waals surface area contributed by atoms with Crippen molar-refractivity contribution in [1.29, 1.82) is 0 Å². The normalized spacial score (nSPS) is 23.1. The molecule has 0 spiro atoms. The first-order chi connectivity index (χ1) is 9.15. The SMILES string of the molecule is CCO[C@@H]1C[C@@H](c2ccc(OC)cc2)C(C)=[N+]([O-])O1. The molecule has 1 heterocycles. The molecule has 0 amide bonds. The van der Waals surface area contributed by atoms with Crippen molar-refractivity contribution in [3.63, 3.8) is 0 Å². The fourth-order valence-electron chi connectivity index (χ4n) is 2.22. The van der Waals surface area contributed by atoms with Gasteiger partial charge in [0.25, 0.3) is 0 Å². The highest BCUT2D eigenvalue weighted by Gasteiger charge is 2.32. The number of rotatable bonds is 4. The Bertz CT molecular complexity index is 455. The molecule has 2 atom stereocenters. The molecule has 0 fully saturated rings. The zero-order valence-electron chi connectivity index (χ0n) is 11.5. The Morgan fingerprint density at radius 2 is 2.05 bits per heavy atom. The van der Waals surface area contributed by atoms with Crippen molar-refractivity contribution in [1.82, 2.24) is 0 Å². The molecule has 0 N–H and O–H groups in total. The van der Waals surface area contributed by atoms with Crippen LogP contribution in [0.3, 0.4) is 0 Å². The Morgan fingerprint density at radius 3 is 2.63 bits per heavy atom. The van der Waals surface area contributed by atoms with E-state index in [1.54, 1.807) is 14.0 Å². The van der Waals surface area contributed by atoms with Gasteiger partial charge < -0.3 is 14.3 Å². The highest BCUT2D eigenvalue weighted by atomic mass is 16.9. The van der Waals surface area contributed by atoms with Crippen LogP contribution in [0.4, 0.5) is 0 Å². The van der Waals surface area contributed by atoms with Gasteiger partial charge in [-0.15, -0.1) is 0 Å². The topological polar surface area (TPSA) is 53.8 Å². The standard InChI is InChI=1S/C14H19NO4/c1-4-18-14-9-13(10(2)15(16)19-14)11-5-7-12(17-3)8-6-11/h5-8,13-14H,4,9H2,1-3H3/t13-,14+/m1/s1. The number of benzene rings is 1. The van der Waals surface area contributed by atoms with E-state index in [2.05, 4.69) is 0 Å². The lowest BCUT2D eigenvalue weighted by molar-refractivity contribution is -0.772. The third kappa shape index (κ3) is 2.98. The summed E-state index contributed by atoms with van der Waals surface area (Å²) in [5.41, 5.74) is 1.70. The summed E-state index contributed by atoms with van der Waals surface area (Å²) in [6.07, 6.45) is 0.156. The van der Waals surface area contributed by atoms with E-state index < -0.39 is 6.29 Å². The van der Waals surface area contributed by atoms with Gasteiger partial charge in [-0.1, -0.05) is 12.1 Å². The summed E-state index contributed by atoms with van der Waals surface area (Å²) in [4.78, 5) is 5.70. The maximum atomic E-state index is 11.7. The average molecular weight is 265 g/mol. The molecule has 0 saturated heterocycles. The monoisotopic (exact) mass is 265 g/mol. The fourth-order valence-corrected chi connectivity index (χ4v) is 2.22. The van der Waals surface area contributed by atoms with Crippen LogP contribution >= 0.6 is 0 Å². The van der Waals surface area contributed by atoms with Gasteiger partial charge in [-0.2, -0.15) is 0 Å². The van der Waals surface area contributed by atoms with Crippen molar-refractivity contribution in [2.45, 2.75) is 32.5 Å². The lowest BCUT2D eigenvalue weighted by atomic mass is 9.91. The van der Waals surface area contributed by atoms with Crippen molar-refractivity contribution >= 4 is 5.71 Å².